The van der Waals surface area contributed by atoms with Crippen molar-refractivity contribution in [2.75, 3.05) is 12.3 Å². The molecule has 1 aromatic carbocycles. The molecule has 0 saturated heterocycles. The van der Waals surface area contributed by atoms with Gasteiger partial charge in [-0.2, -0.15) is 0 Å². The maximum Gasteiger partial charge on any atom is 0.292 e. The van der Waals surface area contributed by atoms with E-state index in [4.69, 9.17) is 5.73 Å². The Kier molecular flexibility index (Phi) is 4.22. The number of nitrogens with two attached hydrogens (primary N) is 1. The molecule has 2 rings (SSSR count). The molecule has 20 heavy (non-hydrogen) atoms. The molecule has 0 bridgehead atoms. The quantitative estimate of drug-likeness (QED) is 0.491. The lowest BCUT2D eigenvalue weighted by Gasteiger charge is -2.22. The van der Waals surface area contributed by atoms with Gasteiger partial charge in [0.1, 0.15) is 5.69 Å². The van der Waals surface area contributed by atoms with Gasteiger partial charge in [-0.05, 0) is 31.4 Å². The number of nitro groups is 1. The van der Waals surface area contributed by atoms with Crippen molar-refractivity contribution in [3.05, 3.63) is 33.9 Å². The average Bonchev–Trinajstić information content (AvgIpc) is 3.23. The summed E-state index contributed by atoms with van der Waals surface area (Å²) in [5, 5.41) is 10.7. The van der Waals surface area contributed by atoms with Gasteiger partial charge < -0.3 is 10.6 Å². The number of carbonyl (C=O) groups excluding carboxylic acids is 1. The average molecular weight is 277 g/mol. The molecular formula is C14H19N3O3. The summed E-state index contributed by atoms with van der Waals surface area (Å²) in [7, 11) is 0. The molecule has 0 unspecified atom stereocenters. The predicted molar refractivity (Wildman–Crippen MR) is 76.5 cm³/mol. The van der Waals surface area contributed by atoms with Crippen molar-refractivity contribution in [2.24, 2.45) is 0 Å². The van der Waals surface area contributed by atoms with Crippen LogP contribution in [0.3, 0.4) is 0 Å². The van der Waals surface area contributed by atoms with Crippen LogP contribution in [0.1, 0.15) is 43.0 Å². The normalized spacial score (nSPS) is 14.1. The van der Waals surface area contributed by atoms with E-state index >= 15 is 0 Å². The number of hydrogen-bond acceptors (Lipinski definition) is 4. The third-order valence-corrected chi connectivity index (χ3v) is 3.47. The number of unbranched alkanes of at least 4 members (excludes halogenated alkanes) is 1. The SMILES string of the molecule is CCCCN(C(=O)c1ccc([N+](=O)[O-])c(N)c1)C1CC1. The first kappa shape index (κ1) is 14.3. The first-order chi connectivity index (χ1) is 9.54. The zero-order valence-corrected chi connectivity index (χ0v) is 11.5. The van der Waals surface area contributed by atoms with Crippen LogP contribution in [0.2, 0.25) is 0 Å². The monoisotopic (exact) mass is 277 g/mol. The number of rotatable bonds is 6. The standard InChI is InChI=1S/C14H19N3O3/c1-2-3-8-16(11-5-6-11)14(18)10-4-7-13(17(19)20)12(15)9-10/h4,7,9,11H,2-3,5-6,8,15H2,1H3. The molecule has 1 aliphatic carbocycles. The van der Waals surface area contributed by atoms with Crippen molar-refractivity contribution < 1.29 is 9.72 Å². The first-order valence-corrected chi connectivity index (χ1v) is 6.89. The van der Waals surface area contributed by atoms with E-state index in [1.807, 2.05) is 4.90 Å². The Balaban J connectivity index is 2.18. The smallest absolute Gasteiger partial charge is 0.292 e. The number of benzene rings is 1. The van der Waals surface area contributed by atoms with E-state index < -0.39 is 4.92 Å². The van der Waals surface area contributed by atoms with Gasteiger partial charge in [-0.3, -0.25) is 14.9 Å². The number of anilines is 1. The van der Waals surface area contributed by atoms with Crippen LogP contribution in [0.15, 0.2) is 18.2 Å². The zero-order valence-electron chi connectivity index (χ0n) is 11.5. The summed E-state index contributed by atoms with van der Waals surface area (Å²) in [6.07, 6.45) is 4.07. The number of carbonyl (C=O) groups is 1. The molecular weight excluding hydrogens is 258 g/mol. The van der Waals surface area contributed by atoms with Gasteiger partial charge in [-0.15, -0.1) is 0 Å². The Hall–Kier alpha value is -2.11. The Labute approximate surface area is 117 Å². The highest BCUT2D eigenvalue weighted by Gasteiger charge is 2.32. The van der Waals surface area contributed by atoms with Crippen LogP contribution in [0.25, 0.3) is 0 Å². The molecule has 6 heteroatoms. The second-order valence-electron chi connectivity index (χ2n) is 5.11. The van der Waals surface area contributed by atoms with Gasteiger partial charge in [0.2, 0.25) is 0 Å². The Morgan fingerprint density at radius 1 is 1.50 bits per heavy atom. The van der Waals surface area contributed by atoms with E-state index in [2.05, 4.69) is 6.92 Å². The van der Waals surface area contributed by atoms with Crippen LogP contribution in [-0.2, 0) is 0 Å². The zero-order chi connectivity index (χ0) is 14.7. The molecule has 0 spiro atoms. The van der Waals surface area contributed by atoms with Gasteiger partial charge in [0.05, 0.1) is 4.92 Å². The second kappa shape index (κ2) is 5.90. The number of nitro benzene ring substituents is 1. The maximum atomic E-state index is 12.5. The van der Waals surface area contributed by atoms with Crippen molar-refractivity contribution in [1.82, 2.24) is 4.90 Å². The molecule has 0 aromatic heterocycles. The molecule has 0 radical (unpaired) electrons. The minimum absolute atomic E-state index is 0.0343. The summed E-state index contributed by atoms with van der Waals surface area (Å²) in [6.45, 7) is 2.82. The lowest BCUT2D eigenvalue weighted by Crippen LogP contribution is -2.34. The molecule has 1 saturated carbocycles. The van der Waals surface area contributed by atoms with E-state index in [1.165, 1.54) is 18.2 Å². The lowest BCUT2D eigenvalue weighted by molar-refractivity contribution is -0.383. The molecule has 1 fully saturated rings. The maximum absolute atomic E-state index is 12.5. The van der Waals surface area contributed by atoms with Gasteiger partial charge >= 0.3 is 0 Å². The number of nitrogen functional groups attached to an aromatic ring is 1. The highest BCUT2D eigenvalue weighted by Crippen LogP contribution is 2.30. The minimum atomic E-state index is -0.542. The Morgan fingerprint density at radius 2 is 2.20 bits per heavy atom. The summed E-state index contributed by atoms with van der Waals surface area (Å²) in [4.78, 5) is 24.5. The molecule has 1 aliphatic rings. The third-order valence-electron chi connectivity index (χ3n) is 3.47. The van der Waals surface area contributed by atoms with Crippen molar-refractivity contribution in [3.8, 4) is 0 Å². The number of nitrogens with zero attached hydrogens (tertiary/aromatic N) is 2. The van der Waals surface area contributed by atoms with Crippen LogP contribution in [-0.4, -0.2) is 28.3 Å². The largest absolute Gasteiger partial charge is 0.393 e. The fourth-order valence-corrected chi connectivity index (χ4v) is 2.18. The van der Waals surface area contributed by atoms with Crippen molar-refractivity contribution in [2.45, 2.75) is 38.6 Å². The van der Waals surface area contributed by atoms with Crippen molar-refractivity contribution in [1.29, 1.82) is 0 Å². The first-order valence-electron chi connectivity index (χ1n) is 6.89. The van der Waals surface area contributed by atoms with Gasteiger partial charge in [0.25, 0.3) is 11.6 Å². The molecule has 0 aliphatic heterocycles. The van der Waals surface area contributed by atoms with E-state index in [-0.39, 0.29) is 17.3 Å². The fourth-order valence-electron chi connectivity index (χ4n) is 2.18. The lowest BCUT2D eigenvalue weighted by atomic mass is 10.1. The fraction of sp³-hybridized carbons (Fsp3) is 0.500. The topological polar surface area (TPSA) is 89.5 Å². The highest BCUT2D eigenvalue weighted by molar-refractivity contribution is 5.96. The van der Waals surface area contributed by atoms with Crippen molar-refractivity contribution in [3.63, 3.8) is 0 Å². The van der Waals surface area contributed by atoms with Crippen LogP contribution in [0.4, 0.5) is 11.4 Å². The molecule has 0 atom stereocenters. The summed E-state index contributed by atoms with van der Waals surface area (Å²) in [6, 6.07) is 4.51. The van der Waals surface area contributed by atoms with Crippen LogP contribution in [0.5, 0.6) is 0 Å². The molecule has 6 nitrogen and oxygen atoms in total. The van der Waals surface area contributed by atoms with Gasteiger partial charge in [0.15, 0.2) is 0 Å². The van der Waals surface area contributed by atoms with Crippen LogP contribution >= 0.6 is 0 Å². The van der Waals surface area contributed by atoms with Gasteiger partial charge in [-0.25, -0.2) is 0 Å². The Bertz CT molecular complexity index is 526. The molecule has 0 heterocycles. The summed E-state index contributed by atoms with van der Waals surface area (Å²) in [5.74, 6) is -0.0810. The predicted octanol–water partition coefficient (Wildman–Crippen LogP) is 2.58. The number of hydrogen-bond donors (Lipinski definition) is 1. The van der Waals surface area contributed by atoms with E-state index in [1.54, 1.807) is 0 Å². The molecule has 108 valence electrons. The van der Waals surface area contributed by atoms with Crippen LogP contribution in [0, 0.1) is 10.1 Å². The summed E-state index contributed by atoms with van der Waals surface area (Å²) < 4.78 is 0. The van der Waals surface area contributed by atoms with E-state index in [0.29, 0.717) is 11.6 Å². The van der Waals surface area contributed by atoms with Gasteiger partial charge in [-0.1, -0.05) is 13.3 Å². The minimum Gasteiger partial charge on any atom is -0.393 e. The van der Waals surface area contributed by atoms with Crippen molar-refractivity contribution >= 4 is 17.3 Å². The van der Waals surface area contributed by atoms with Gasteiger partial charge in [0, 0.05) is 24.2 Å². The third kappa shape index (κ3) is 3.07. The highest BCUT2D eigenvalue weighted by atomic mass is 16.6. The van der Waals surface area contributed by atoms with E-state index in [9.17, 15) is 14.9 Å². The summed E-state index contributed by atoms with van der Waals surface area (Å²) >= 11 is 0. The Morgan fingerprint density at radius 3 is 2.70 bits per heavy atom. The second-order valence-corrected chi connectivity index (χ2v) is 5.11. The number of amides is 1. The molecule has 2 N–H and O–H groups in total. The summed E-state index contributed by atoms with van der Waals surface area (Å²) in [5.41, 5.74) is 5.94. The molecule has 1 aromatic rings. The molecule has 1 amide bonds. The van der Waals surface area contributed by atoms with Crippen LogP contribution < -0.4 is 5.73 Å². The van der Waals surface area contributed by atoms with E-state index in [0.717, 1.165) is 32.2 Å².